The van der Waals surface area contributed by atoms with Gasteiger partial charge in [-0.3, -0.25) is 4.79 Å². The summed E-state index contributed by atoms with van der Waals surface area (Å²) in [6.45, 7) is 0.138. The molecule has 0 aliphatic carbocycles. The first-order chi connectivity index (χ1) is 6.61. The highest BCUT2D eigenvalue weighted by Gasteiger charge is 2.46. The molecular weight excluding hydrogens is 192 g/mol. The lowest BCUT2D eigenvalue weighted by Gasteiger charge is -2.21. The summed E-state index contributed by atoms with van der Waals surface area (Å²) in [5.41, 5.74) is 0. The molecule has 0 radical (unpaired) electrons. The van der Waals surface area contributed by atoms with E-state index in [0.717, 1.165) is 0 Å². The monoisotopic (exact) mass is 204 g/mol. The zero-order chi connectivity index (χ0) is 10.7. The number of carbonyl (C=O) groups excluding carboxylic acids is 2. The molecule has 1 aliphatic heterocycles. The Morgan fingerprint density at radius 1 is 1.50 bits per heavy atom. The van der Waals surface area contributed by atoms with Gasteiger partial charge in [0.2, 0.25) is 0 Å². The quantitative estimate of drug-likeness (QED) is 0.443. The highest BCUT2D eigenvalue weighted by molar-refractivity contribution is 6.37. The Morgan fingerprint density at radius 3 is 2.50 bits per heavy atom. The summed E-state index contributed by atoms with van der Waals surface area (Å²) in [6, 6.07) is 0. The molecule has 0 aromatic rings. The second-order valence-electron chi connectivity index (χ2n) is 2.91. The van der Waals surface area contributed by atoms with Gasteiger partial charge in [-0.2, -0.15) is 0 Å². The molecular formula is C8H12O6. The minimum absolute atomic E-state index is 0.138. The summed E-state index contributed by atoms with van der Waals surface area (Å²) < 4.78 is 14.4. The zero-order valence-electron chi connectivity index (χ0n) is 7.93. The molecule has 1 saturated heterocycles. The predicted molar refractivity (Wildman–Crippen MR) is 43.6 cm³/mol. The Hall–Kier alpha value is -0.980. The third-order valence-corrected chi connectivity index (χ3v) is 2.02. The molecule has 6 heteroatoms. The number of carbonyl (C=O) groups is 2. The van der Waals surface area contributed by atoms with Gasteiger partial charge in [-0.25, -0.2) is 4.79 Å². The van der Waals surface area contributed by atoms with Crippen LogP contribution in [0.2, 0.25) is 0 Å². The number of methoxy groups -OCH3 is 2. The smallest absolute Gasteiger partial charge is 0.378 e. The number of cyclic esters (lactones) is 1. The number of aliphatic hydroxyl groups excluding tert-OH is 1. The van der Waals surface area contributed by atoms with Crippen LogP contribution < -0.4 is 0 Å². The first kappa shape index (κ1) is 11.1. The maximum Gasteiger partial charge on any atom is 0.378 e. The van der Waals surface area contributed by atoms with E-state index in [1.807, 2.05) is 0 Å². The van der Waals surface area contributed by atoms with Gasteiger partial charge in [0.1, 0.15) is 6.10 Å². The highest BCUT2D eigenvalue weighted by atomic mass is 16.6. The third kappa shape index (κ3) is 1.92. The van der Waals surface area contributed by atoms with E-state index in [4.69, 9.17) is 9.47 Å². The van der Waals surface area contributed by atoms with E-state index in [1.54, 1.807) is 0 Å². The summed E-state index contributed by atoms with van der Waals surface area (Å²) in [5, 5.41) is 9.33. The van der Waals surface area contributed by atoms with Crippen LogP contribution in [0.15, 0.2) is 0 Å². The molecule has 3 atom stereocenters. The number of ketones is 1. The molecule has 0 aromatic carbocycles. The number of aliphatic hydroxyl groups is 1. The van der Waals surface area contributed by atoms with E-state index >= 15 is 0 Å². The first-order valence-electron chi connectivity index (χ1n) is 4.06. The Morgan fingerprint density at radius 2 is 2.14 bits per heavy atom. The Kier molecular flexibility index (Phi) is 3.56. The van der Waals surface area contributed by atoms with Crippen molar-refractivity contribution in [1.29, 1.82) is 0 Å². The van der Waals surface area contributed by atoms with Gasteiger partial charge in [-0.15, -0.1) is 0 Å². The molecule has 1 N–H and O–H groups in total. The minimum atomic E-state index is -1.46. The maximum atomic E-state index is 10.9. The summed E-state index contributed by atoms with van der Waals surface area (Å²) >= 11 is 0. The van der Waals surface area contributed by atoms with Gasteiger partial charge in [0.05, 0.1) is 6.61 Å². The van der Waals surface area contributed by atoms with Crippen molar-refractivity contribution in [2.45, 2.75) is 18.3 Å². The molecule has 80 valence electrons. The van der Waals surface area contributed by atoms with E-state index in [1.165, 1.54) is 14.2 Å². The second-order valence-corrected chi connectivity index (χ2v) is 2.91. The minimum Gasteiger partial charge on any atom is -0.450 e. The largest absolute Gasteiger partial charge is 0.450 e. The van der Waals surface area contributed by atoms with Crippen LogP contribution in [0, 0.1) is 0 Å². The average molecular weight is 204 g/mol. The van der Waals surface area contributed by atoms with E-state index in [0.29, 0.717) is 0 Å². The van der Waals surface area contributed by atoms with Crippen molar-refractivity contribution >= 4 is 11.8 Å². The van der Waals surface area contributed by atoms with Crippen molar-refractivity contribution in [3.05, 3.63) is 0 Å². The topological polar surface area (TPSA) is 82.1 Å². The number of ether oxygens (including phenoxy) is 3. The normalized spacial score (nSPS) is 29.1. The summed E-state index contributed by atoms with van der Waals surface area (Å²) in [4.78, 5) is 21.7. The van der Waals surface area contributed by atoms with Crippen molar-refractivity contribution in [1.82, 2.24) is 0 Å². The number of hydrogen-bond acceptors (Lipinski definition) is 6. The molecule has 0 spiro atoms. The first-order valence-corrected chi connectivity index (χ1v) is 4.06. The van der Waals surface area contributed by atoms with E-state index in [9.17, 15) is 14.7 Å². The van der Waals surface area contributed by atoms with Crippen molar-refractivity contribution in [2.75, 3.05) is 20.8 Å². The summed E-state index contributed by atoms with van der Waals surface area (Å²) in [5.74, 6) is -1.96. The van der Waals surface area contributed by atoms with Gasteiger partial charge in [-0.05, 0) is 0 Å². The number of Topliss-reactive ketones (excluding diaryl/α,β-unsaturated/α-hetero) is 1. The van der Waals surface area contributed by atoms with Gasteiger partial charge in [0.25, 0.3) is 5.78 Å². The SMILES string of the molecule is COCC(OC)C1OC(=O)C(=O)C1O. The number of rotatable bonds is 4. The molecule has 0 aromatic heterocycles. The lowest BCUT2D eigenvalue weighted by molar-refractivity contribution is -0.153. The Bertz CT molecular complexity index is 238. The molecule has 0 amide bonds. The molecule has 1 rings (SSSR count). The van der Waals surface area contributed by atoms with Gasteiger partial charge in [-0.1, -0.05) is 0 Å². The van der Waals surface area contributed by atoms with Crippen LogP contribution >= 0.6 is 0 Å². The lowest BCUT2D eigenvalue weighted by Crippen LogP contribution is -2.40. The standard InChI is InChI=1S/C8H12O6/c1-12-3-4(13-2)7-5(9)6(10)8(11)14-7/h4-5,7,9H,3H2,1-2H3. The van der Waals surface area contributed by atoms with Crippen LogP contribution in [0.4, 0.5) is 0 Å². The molecule has 6 nitrogen and oxygen atoms in total. The van der Waals surface area contributed by atoms with Crippen molar-refractivity contribution in [3.8, 4) is 0 Å². The van der Waals surface area contributed by atoms with E-state index in [-0.39, 0.29) is 6.61 Å². The molecule has 1 aliphatic rings. The Labute approximate surface area is 80.7 Å². The number of hydrogen-bond donors (Lipinski definition) is 1. The van der Waals surface area contributed by atoms with Crippen LogP contribution in [0.1, 0.15) is 0 Å². The molecule has 14 heavy (non-hydrogen) atoms. The van der Waals surface area contributed by atoms with Gasteiger partial charge in [0.15, 0.2) is 12.2 Å². The van der Waals surface area contributed by atoms with Crippen LogP contribution in [0.25, 0.3) is 0 Å². The van der Waals surface area contributed by atoms with Crippen molar-refractivity contribution in [2.24, 2.45) is 0 Å². The highest BCUT2D eigenvalue weighted by Crippen LogP contribution is 2.17. The Balaban J connectivity index is 2.68. The van der Waals surface area contributed by atoms with Crippen LogP contribution in [-0.4, -0.2) is 56.0 Å². The second kappa shape index (κ2) is 4.50. The third-order valence-electron chi connectivity index (χ3n) is 2.02. The fraction of sp³-hybridized carbons (Fsp3) is 0.750. The molecule has 0 bridgehead atoms. The van der Waals surface area contributed by atoms with Gasteiger partial charge < -0.3 is 19.3 Å². The zero-order valence-corrected chi connectivity index (χ0v) is 7.93. The summed E-state index contributed by atoms with van der Waals surface area (Å²) in [6.07, 6.45) is -3.06. The molecule has 1 fully saturated rings. The molecule has 0 saturated carbocycles. The molecule has 1 heterocycles. The van der Waals surface area contributed by atoms with Crippen molar-refractivity contribution < 1.29 is 28.9 Å². The fourth-order valence-electron chi connectivity index (χ4n) is 1.26. The fourth-order valence-corrected chi connectivity index (χ4v) is 1.26. The lowest BCUT2D eigenvalue weighted by atomic mass is 10.1. The summed E-state index contributed by atoms with van der Waals surface area (Å²) in [7, 11) is 2.82. The average Bonchev–Trinajstić information content (AvgIpc) is 2.42. The van der Waals surface area contributed by atoms with Crippen LogP contribution in [0.3, 0.4) is 0 Å². The number of esters is 1. The van der Waals surface area contributed by atoms with Crippen LogP contribution in [-0.2, 0) is 23.8 Å². The predicted octanol–water partition coefficient (Wildman–Crippen LogP) is -1.50. The van der Waals surface area contributed by atoms with Crippen molar-refractivity contribution in [3.63, 3.8) is 0 Å². The maximum absolute atomic E-state index is 10.9. The van der Waals surface area contributed by atoms with E-state index in [2.05, 4.69) is 4.74 Å². The van der Waals surface area contributed by atoms with Gasteiger partial charge in [0, 0.05) is 14.2 Å². The molecule has 3 unspecified atom stereocenters. The van der Waals surface area contributed by atoms with Gasteiger partial charge >= 0.3 is 5.97 Å². The van der Waals surface area contributed by atoms with Crippen LogP contribution in [0.5, 0.6) is 0 Å². The van der Waals surface area contributed by atoms with E-state index < -0.39 is 30.1 Å².